The SMILES string of the molecule is COc1cc(Br)c(/C=N\NC(=O)COc2cc(C)ccc2C)cc1O. The summed E-state index contributed by atoms with van der Waals surface area (Å²) in [6.45, 7) is 3.73. The molecule has 25 heavy (non-hydrogen) atoms. The number of methoxy groups -OCH3 is 1. The summed E-state index contributed by atoms with van der Waals surface area (Å²) in [6.07, 6.45) is 1.42. The minimum Gasteiger partial charge on any atom is -0.504 e. The molecule has 0 aliphatic carbocycles. The molecular weight excluding hydrogens is 388 g/mol. The van der Waals surface area contributed by atoms with Gasteiger partial charge < -0.3 is 14.6 Å². The van der Waals surface area contributed by atoms with Gasteiger partial charge in [-0.25, -0.2) is 5.43 Å². The van der Waals surface area contributed by atoms with Crippen molar-refractivity contribution < 1.29 is 19.4 Å². The summed E-state index contributed by atoms with van der Waals surface area (Å²) in [6, 6.07) is 8.89. The van der Waals surface area contributed by atoms with E-state index in [0.29, 0.717) is 21.5 Å². The summed E-state index contributed by atoms with van der Waals surface area (Å²) >= 11 is 3.35. The van der Waals surface area contributed by atoms with E-state index in [9.17, 15) is 9.90 Å². The van der Waals surface area contributed by atoms with Crippen molar-refractivity contribution in [2.75, 3.05) is 13.7 Å². The first-order chi connectivity index (χ1) is 11.9. The third kappa shape index (κ3) is 5.22. The predicted molar refractivity (Wildman–Crippen MR) is 99.5 cm³/mol. The third-order valence-corrected chi connectivity index (χ3v) is 4.08. The molecule has 0 spiro atoms. The number of benzene rings is 2. The van der Waals surface area contributed by atoms with Crippen LogP contribution in [0.15, 0.2) is 39.9 Å². The lowest BCUT2D eigenvalue weighted by molar-refractivity contribution is -0.123. The molecule has 0 saturated carbocycles. The second-order valence-electron chi connectivity index (χ2n) is 5.40. The summed E-state index contributed by atoms with van der Waals surface area (Å²) in [5.74, 6) is 0.611. The van der Waals surface area contributed by atoms with Crippen LogP contribution in [0.4, 0.5) is 0 Å². The van der Waals surface area contributed by atoms with Crippen molar-refractivity contribution in [1.29, 1.82) is 0 Å². The second kappa shape index (κ2) is 8.53. The van der Waals surface area contributed by atoms with Gasteiger partial charge in [0, 0.05) is 10.0 Å². The van der Waals surface area contributed by atoms with Gasteiger partial charge in [-0.1, -0.05) is 12.1 Å². The monoisotopic (exact) mass is 406 g/mol. The summed E-state index contributed by atoms with van der Waals surface area (Å²) in [5, 5.41) is 13.6. The molecule has 0 radical (unpaired) electrons. The molecule has 0 atom stereocenters. The number of aryl methyl sites for hydroxylation is 2. The van der Waals surface area contributed by atoms with E-state index in [4.69, 9.17) is 9.47 Å². The zero-order chi connectivity index (χ0) is 18.4. The van der Waals surface area contributed by atoms with E-state index in [2.05, 4.69) is 26.5 Å². The number of halogens is 1. The zero-order valence-electron chi connectivity index (χ0n) is 14.2. The van der Waals surface area contributed by atoms with Gasteiger partial charge in [0.2, 0.25) is 0 Å². The van der Waals surface area contributed by atoms with E-state index in [1.807, 2.05) is 32.0 Å². The van der Waals surface area contributed by atoms with E-state index in [1.54, 1.807) is 6.07 Å². The molecule has 2 rings (SSSR count). The molecule has 0 fully saturated rings. The van der Waals surface area contributed by atoms with Gasteiger partial charge in [-0.2, -0.15) is 5.10 Å². The molecule has 2 aromatic rings. The lowest BCUT2D eigenvalue weighted by Gasteiger charge is -2.09. The van der Waals surface area contributed by atoms with Crippen LogP contribution in [0.1, 0.15) is 16.7 Å². The van der Waals surface area contributed by atoms with Crippen LogP contribution in [0.2, 0.25) is 0 Å². The Labute approximate surface area is 154 Å². The highest BCUT2D eigenvalue weighted by Crippen LogP contribution is 2.31. The van der Waals surface area contributed by atoms with Gasteiger partial charge in [-0.3, -0.25) is 4.79 Å². The minimum atomic E-state index is -0.383. The maximum atomic E-state index is 11.8. The van der Waals surface area contributed by atoms with E-state index in [-0.39, 0.29) is 18.3 Å². The van der Waals surface area contributed by atoms with Crippen molar-refractivity contribution in [3.63, 3.8) is 0 Å². The molecule has 0 aliphatic heterocycles. The highest BCUT2D eigenvalue weighted by atomic mass is 79.9. The van der Waals surface area contributed by atoms with Crippen molar-refractivity contribution in [2.24, 2.45) is 5.10 Å². The number of carbonyl (C=O) groups is 1. The molecule has 0 unspecified atom stereocenters. The van der Waals surface area contributed by atoms with Gasteiger partial charge in [0.05, 0.1) is 13.3 Å². The fourth-order valence-electron chi connectivity index (χ4n) is 2.03. The van der Waals surface area contributed by atoms with Crippen molar-refractivity contribution in [3.8, 4) is 17.2 Å². The summed E-state index contributed by atoms with van der Waals surface area (Å²) in [5.41, 5.74) is 4.99. The highest BCUT2D eigenvalue weighted by Gasteiger charge is 2.07. The largest absolute Gasteiger partial charge is 0.504 e. The molecule has 0 saturated heterocycles. The number of ether oxygens (including phenoxy) is 2. The smallest absolute Gasteiger partial charge is 0.277 e. The van der Waals surface area contributed by atoms with Crippen LogP contribution in [-0.4, -0.2) is 30.9 Å². The Kier molecular flexibility index (Phi) is 6.41. The Morgan fingerprint density at radius 2 is 2.04 bits per heavy atom. The number of rotatable bonds is 6. The minimum absolute atomic E-state index is 0.0169. The number of aromatic hydroxyl groups is 1. The Hall–Kier alpha value is -2.54. The van der Waals surface area contributed by atoms with Crippen molar-refractivity contribution in [1.82, 2.24) is 5.43 Å². The topological polar surface area (TPSA) is 80.2 Å². The first-order valence-corrected chi connectivity index (χ1v) is 8.28. The van der Waals surface area contributed by atoms with Crippen molar-refractivity contribution in [3.05, 3.63) is 51.5 Å². The molecular formula is C18H19BrN2O4. The molecule has 2 N–H and O–H groups in total. The summed E-state index contributed by atoms with van der Waals surface area (Å²) < 4.78 is 11.2. The van der Waals surface area contributed by atoms with Crippen molar-refractivity contribution in [2.45, 2.75) is 13.8 Å². The quantitative estimate of drug-likeness (QED) is 0.569. The number of hydrogen-bond donors (Lipinski definition) is 2. The average Bonchev–Trinajstić information content (AvgIpc) is 2.58. The lowest BCUT2D eigenvalue weighted by atomic mass is 10.1. The van der Waals surface area contributed by atoms with Crippen LogP contribution in [0.3, 0.4) is 0 Å². The van der Waals surface area contributed by atoms with Gasteiger partial charge in [-0.05, 0) is 59.1 Å². The van der Waals surface area contributed by atoms with Crippen LogP contribution in [0.25, 0.3) is 0 Å². The van der Waals surface area contributed by atoms with E-state index in [0.717, 1.165) is 11.1 Å². The van der Waals surface area contributed by atoms with E-state index < -0.39 is 0 Å². The molecule has 2 aromatic carbocycles. The molecule has 0 aromatic heterocycles. The van der Waals surface area contributed by atoms with Crippen LogP contribution >= 0.6 is 15.9 Å². The summed E-state index contributed by atoms with van der Waals surface area (Å²) in [7, 11) is 1.46. The maximum Gasteiger partial charge on any atom is 0.277 e. The molecule has 1 amide bonds. The number of hydrogen-bond acceptors (Lipinski definition) is 5. The van der Waals surface area contributed by atoms with Gasteiger partial charge >= 0.3 is 0 Å². The van der Waals surface area contributed by atoms with Crippen molar-refractivity contribution >= 4 is 28.1 Å². The fourth-order valence-corrected chi connectivity index (χ4v) is 2.46. The van der Waals surface area contributed by atoms with Crippen LogP contribution in [0, 0.1) is 13.8 Å². The number of hydrazone groups is 1. The number of phenolic OH excluding ortho intramolecular Hbond substituents is 1. The third-order valence-electron chi connectivity index (χ3n) is 3.39. The molecule has 132 valence electrons. The van der Waals surface area contributed by atoms with Gasteiger partial charge in [0.15, 0.2) is 18.1 Å². The highest BCUT2D eigenvalue weighted by molar-refractivity contribution is 9.10. The lowest BCUT2D eigenvalue weighted by Crippen LogP contribution is -2.24. The number of nitrogens with one attached hydrogen (secondary N) is 1. The van der Waals surface area contributed by atoms with Gasteiger partial charge in [-0.15, -0.1) is 0 Å². The van der Waals surface area contributed by atoms with Crippen LogP contribution < -0.4 is 14.9 Å². The molecule has 0 aliphatic rings. The molecule has 7 heteroatoms. The zero-order valence-corrected chi connectivity index (χ0v) is 15.8. The first kappa shape index (κ1) is 18.8. The maximum absolute atomic E-state index is 11.8. The number of nitrogens with zero attached hydrogens (tertiary/aromatic N) is 1. The molecule has 0 heterocycles. The second-order valence-corrected chi connectivity index (χ2v) is 6.25. The fraction of sp³-hybridized carbons (Fsp3) is 0.222. The first-order valence-electron chi connectivity index (χ1n) is 7.49. The predicted octanol–water partition coefficient (Wildman–Crippen LogP) is 3.31. The number of amides is 1. The van der Waals surface area contributed by atoms with Crippen LogP contribution in [0.5, 0.6) is 17.2 Å². The standard InChI is InChI=1S/C18H19BrN2O4/c1-11-4-5-12(2)16(6-11)25-10-18(23)21-20-9-13-7-15(22)17(24-3)8-14(13)19/h4-9,22H,10H2,1-3H3,(H,21,23)/b20-9-. The normalized spacial score (nSPS) is 10.7. The van der Waals surface area contributed by atoms with Crippen LogP contribution in [-0.2, 0) is 4.79 Å². The van der Waals surface area contributed by atoms with E-state index >= 15 is 0 Å². The van der Waals surface area contributed by atoms with Gasteiger partial charge in [0.1, 0.15) is 5.75 Å². The Balaban J connectivity index is 1.92. The Bertz CT molecular complexity index is 806. The molecule has 0 bridgehead atoms. The Morgan fingerprint density at radius 1 is 1.28 bits per heavy atom. The van der Waals surface area contributed by atoms with Gasteiger partial charge in [0.25, 0.3) is 5.91 Å². The number of carbonyl (C=O) groups excluding carboxylic acids is 1. The Morgan fingerprint density at radius 3 is 2.76 bits per heavy atom. The van der Waals surface area contributed by atoms with E-state index in [1.165, 1.54) is 19.4 Å². The average molecular weight is 407 g/mol. The number of phenols is 1. The summed E-state index contributed by atoms with van der Waals surface area (Å²) in [4.78, 5) is 11.8. The molecule has 6 nitrogen and oxygen atoms in total.